The summed E-state index contributed by atoms with van der Waals surface area (Å²) < 4.78 is 0. The number of nitrogens with one attached hydrogen (secondary N) is 1. The van der Waals surface area contributed by atoms with Gasteiger partial charge in [-0.15, -0.1) is 0 Å². The second-order valence-corrected chi connectivity index (χ2v) is 9.44. The molecule has 0 amide bonds. The molecule has 4 nitrogen and oxygen atoms in total. The highest BCUT2D eigenvalue weighted by Crippen LogP contribution is 2.42. The van der Waals surface area contributed by atoms with Gasteiger partial charge < -0.3 is 9.88 Å². The lowest BCUT2D eigenvalue weighted by atomic mass is 9.76. The Balaban J connectivity index is 1.25. The minimum absolute atomic E-state index is 0.455. The van der Waals surface area contributed by atoms with Gasteiger partial charge in [-0.2, -0.15) is 0 Å². The number of nitrogens with zero attached hydrogens (tertiary/aromatic N) is 3. The first-order chi connectivity index (χ1) is 15.3. The Hall–Kier alpha value is -2.46. The number of aromatic nitrogens is 3. The van der Waals surface area contributed by atoms with Crippen LogP contribution in [-0.4, -0.2) is 39.5 Å². The Labute approximate surface area is 186 Å². The van der Waals surface area contributed by atoms with Crippen molar-refractivity contribution in [2.75, 3.05) is 19.6 Å². The lowest BCUT2D eigenvalue weighted by Crippen LogP contribution is -2.36. The number of benzene rings is 1. The number of rotatable bonds is 6. The van der Waals surface area contributed by atoms with Crippen molar-refractivity contribution in [1.82, 2.24) is 19.9 Å². The minimum atomic E-state index is 0.455. The van der Waals surface area contributed by atoms with E-state index >= 15 is 0 Å². The molecule has 0 saturated carbocycles. The summed E-state index contributed by atoms with van der Waals surface area (Å²) in [4.78, 5) is 14.9. The van der Waals surface area contributed by atoms with Gasteiger partial charge in [0.15, 0.2) is 0 Å². The van der Waals surface area contributed by atoms with Gasteiger partial charge in [-0.05, 0) is 100 Å². The molecule has 31 heavy (non-hydrogen) atoms. The number of hydrogen-bond donors (Lipinski definition) is 1. The molecule has 1 aromatic carbocycles. The summed E-state index contributed by atoms with van der Waals surface area (Å²) in [6, 6.07) is 11.5. The van der Waals surface area contributed by atoms with E-state index in [0.29, 0.717) is 11.8 Å². The first-order valence-corrected chi connectivity index (χ1v) is 12.0. The molecule has 1 aliphatic heterocycles. The Morgan fingerprint density at radius 1 is 1.06 bits per heavy atom. The zero-order valence-corrected chi connectivity index (χ0v) is 18.7. The Morgan fingerprint density at radius 2 is 1.94 bits per heavy atom. The molecule has 1 saturated heterocycles. The number of aromatic amines is 1. The highest BCUT2D eigenvalue weighted by atomic mass is 15.1. The molecule has 1 aliphatic carbocycles. The fraction of sp³-hybridized carbons (Fsp3) is 0.481. The molecular formula is C27H34N4. The van der Waals surface area contributed by atoms with E-state index in [1.54, 1.807) is 17.5 Å². The predicted octanol–water partition coefficient (Wildman–Crippen LogP) is 5.08. The van der Waals surface area contributed by atoms with Crippen molar-refractivity contribution >= 4 is 0 Å². The summed E-state index contributed by atoms with van der Waals surface area (Å²) in [6.07, 6.45) is 14.1. The third-order valence-corrected chi connectivity index (χ3v) is 7.35. The first-order valence-electron chi connectivity index (χ1n) is 12.0. The molecule has 2 aliphatic rings. The molecular weight excluding hydrogens is 380 g/mol. The Kier molecular flexibility index (Phi) is 6.17. The predicted molar refractivity (Wildman–Crippen MR) is 125 cm³/mol. The summed E-state index contributed by atoms with van der Waals surface area (Å²) in [6.45, 7) is 5.87. The smallest absolute Gasteiger partial charge is 0.0921 e. The largest absolute Gasteiger partial charge is 0.348 e. The topological polar surface area (TPSA) is 44.8 Å². The average molecular weight is 415 g/mol. The molecule has 3 heterocycles. The lowest BCUT2D eigenvalue weighted by molar-refractivity contribution is 0.172. The van der Waals surface area contributed by atoms with Gasteiger partial charge >= 0.3 is 0 Å². The van der Waals surface area contributed by atoms with Crippen LogP contribution >= 0.6 is 0 Å². The summed E-state index contributed by atoms with van der Waals surface area (Å²) in [7, 11) is 0. The number of imidazole rings is 1. The van der Waals surface area contributed by atoms with Crippen molar-refractivity contribution in [2.24, 2.45) is 5.92 Å². The maximum absolute atomic E-state index is 4.94. The van der Waals surface area contributed by atoms with Crippen LogP contribution in [0.3, 0.4) is 0 Å². The zero-order chi connectivity index (χ0) is 21.0. The van der Waals surface area contributed by atoms with Gasteiger partial charge in [0.25, 0.3) is 0 Å². The van der Waals surface area contributed by atoms with E-state index < -0.39 is 0 Å². The summed E-state index contributed by atoms with van der Waals surface area (Å²) in [5.41, 5.74) is 8.53. The third-order valence-electron chi connectivity index (χ3n) is 7.35. The lowest BCUT2D eigenvalue weighted by Gasteiger charge is -2.36. The van der Waals surface area contributed by atoms with E-state index in [9.17, 15) is 0 Å². The van der Waals surface area contributed by atoms with Crippen LogP contribution in [0, 0.1) is 12.8 Å². The molecule has 0 radical (unpaired) electrons. The molecule has 2 aromatic heterocycles. The highest BCUT2D eigenvalue weighted by molar-refractivity contribution is 5.44. The number of pyridine rings is 1. The van der Waals surface area contributed by atoms with Crippen LogP contribution in [0.4, 0.5) is 0 Å². The van der Waals surface area contributed by atoms with Crippen LogP contribution in [0.15, 0.2) is 49.1 Å². The SMILES string of the molecule is Cc1ccc2c(c1)CCc1cccnc1C2C1CCN(CCCCc2cnc[nH]2)CC1. The number of H-pyrrole nitrogens is 1. The number of likely N-dealkylation sites (tertiary alicyclic amines) is 1. The van der Waals surface area contributed by atoms with E-state index in [-0.39, 0.29) is 0 Å². The Morgan fingerprint density at radius 3 is 2.77 bits per heavy atom. The van der Waals surface area contributed by atoms with Gasteiger partial charge in [0, 0.05) is 24.0 Å². The second-order valence-electron chi connectivity index (χ2n) is 9.44. The summed E-state index contributed by atoms with van der Waals surface area (Å²) >= 11 is 0. The van der Waals surface area contributed by atoms with Gasteiger partial charge in [0.1, 0.15) is 0 Å². The van der Waals surface area contributed by atoms with Crippen LogP contribution < -0.4 is 0 Å². The molecule has 3 aromatic rings. The van der Waals surface area contributed by atoms with E-state index in [0.717, 1.165) is 19.3 Å². The molecule has 4 heteroatoms. The number of unbranched alkanes of at least 4 members (excludes halogenated alkanes) is 1. The van der Waals surface area contributed by atoms with Crippen molar-refractivity contribution in [1.29, 1.82) is 0 Å². The van der Waals surface area contributed by atoms with Crippen molar-refractivity contribution in [3.63, 3.8) is 0 Å². The number of fused-ring (bicyclic) bond motifs is 2. The summed E-state index contributed by atoms with van der Waals surface area (Å²) in [5.74, 6) is 1.14. The molecule has 1 unspecified atom stereocenters. The molecule has 1 fully saturated rings. The molecule has 162 valence electrons. The summed E-state index contributed by atoms with van der Waals surface area (Å²) in [5, 5.41) is 0. The minimum Gasteiger partial charge on any atom is -0.348 e. The van der Waals surface area contributed by atoms with Crippen molar-refractivity contribution < 1.29 is 0 Å². The maximum Gasteiger partial charge on any atom is 0.0921 e. The number of piperidine rings is 1. The van der Waals surface area contributed by atoms with Crippen molar-refractivity contribution in [2.45, 2.75) is 57.8 Å². The zero-order valence-electron chi connectivity index (χ0n) is 18.7. The molecule has 1 atom stereocenters. The van der Waals surface area contributed by atoms with Crippen LogP contribution in [0.2, 0.25) is 0 Å². The standard InChI is InChI=1S/C27H34N4/c1-20-7-10-25-23(17-20)9-8-22-5-4-13-29-27(22)26(25)21-11-15-31(16-12-21)14-3-2-6-24-18-28-19-30-24/h4-5,7,10,13,17-19,21,26H,2-3,6,8-9,11-12,14-16H2,1H3,(H,28,30). The fourth-order valence-electron chi connectivity index (χ4n) is 5.67. The number of hydrogen-bond acceptors (Lipinski definition) is 3. The quantitative estimate of drug-likeness (QED) is 0.572. The number of aryl methyl sites for hydroxylation is 4. The monoisotopic (exact) mass is 414 g/mol. The van der Waals surface area contributed by atoms with E-state index in [1.165, 1.54) is 67.8 Å². The second kappa shape index (κ2) is 9.35. The van der Waals surface area contributed by atoms with Gasteiger partial charge in [-0.25, -0.2) is 4.98 Å². The van der Waals surface area contributed by atoms with Gasteiger partial charge in [0.2, 0.25) is 0 Å². The average Bonchev–Trinajstić information content (AvgIpc) is 3.26. The highest BCUT2D eigenvalue weighted by Gasteiger charge is 2.33. The molecule has 5 rings (SSSR count). The Bertz CT molecular complexity index is 986. The van der Waals surface area contributed by atoms with E-state index in [1.807, 2.05) is 12.4 Å². The molecule has 1 N–H and O–H groups in total. The van der Waals surface area contributed by atoms with E-state index in [2.05, 4.69) is 52.1 Å². The van der Waals surface area contributed by atoms with Crippen LogP contribution in [0.1, 0.15) is 65.2 Å². The molecule has 0 spiro atoms. The van der Waals surface area contributed by atoms with Crippen LogP contribution in [0.25, 0.3) is 0 Å². The van der Waals surface area contributed by atoms with Gasteiger partial charge in [-0.1, -0.05) is 29.8 Å². The van der Waals surface area contributed by atoms with Crippen LogP contribution in [0.5, 0.6) is 0 Å². The van der Waals surface area contributed by atoms with Gasteiger partial charge in [0.05, 0.1) is 12.0 Å². The van der Waals surface area contributed by atoms with Crippen molar-refractivity contribution in [3.05, 3.63) is 82.7 Å². The first kappa shape index (κ1) is 20.4. The fourth-order valence-corrected chi connectivity index (χ4v) is 5.67. The van der Waals surface area contributed by atoms with Crippen molar-refractivity contribution in [3.8, 4) is 0 Å². The maximum atomic E-state index is 4.94. The van der Waals surface area contributed by atoms with Gasteiger partial charge in [-0.3, -0.25) is 4.98 Å². The normalized spacial score (nSPS) is 19.6. The third kappa shape index (κ3) is 4.59. The van der Waals surface area contributed by atoms with Crippen LogP contribution in [-0.2, 0) is 19.3 Å². The molecule has 0 bridgehead atoms. The van der Waals surface area contributed by atoms with E-state index in [4.69, 9.17) is 4.98 Å².